The van der Waals surface area contributed by atoms with Crippen molar-refractivity contribution in [2.45, 2.75) is 50.2 Å². The van der Waals surface area contributed by atoms with E-state index in [1.54, 1.807) is 17.9 Å². The van der Waals surface area contributed by atoms with Gasteiger partial charge in [-0.1, -0.05) is 6.42 Å². The standard InChI is InChI=1S/C15H22N2O4S/c1-12-7-8-14(21-12)22(19,20)17-11-3-2-6-13(17)15(18)16-9-4-5-10-16/h7-8,13H,2-6,9-11H2,1H3. The first-order valence-electron chi connectivity index (χ1n) is 7.87. The third-order valence-corrected chi connectivity index (χ3v) is 6.22. The third kappa shape index (κ3) is 2.79. The van der Waals surface area contributed by atoms with E-state index in [4.69, 9.17) is 4.42 Å². The van der Waals surface area contributed by atoms with Gasteiger partial charge in [-0.15, -0.1) is 0 Å². The van der Waals surface area contributed by atoms with Gasteiger partial charge in [-0.05, 0) is 44.7 Å². The number of amides is 1. The van der Waals surface area contributed by atoms with Crippen molar-refractivity contribution in [1.82, 2.24) is 9.21 Å². The van der Waals surface area contributed by atoms with Crippen LogP contribution in [0.5, 0.6) is 0 Å². The molecule has 1 unspecified atom stereocenters. The number of nitrogens with zero attached hydrogens (tertiary/aromatic N) is 2. The van der Waals surface area contributed by atoms with Crippen LogP contribution < -0.4 is 0 Å². The second kappa shape index (κ2) is 6.04. The average molecular weight is 326 g/mol. The van der Waals surface area contributed by atoms with Gasteiger partial charge < -0.3 is 9.32 Å². The summed E-state index contributed by atoms with van der Waals surface area (Å²) in [6.45, 7) is 3.57. The summed E-state index contributed by atoms with van der Waals surface area (Å²) in [5, 5.41) is -0.0638. The van der Waals surface area contributed by atoms with Crippen molar-refractivity contribution in [3.05, 3.63) is 17.9 Å². The molecule has 2 aliphatic heterocycles. The van der Waals surface area contributed by atoms with Crippen LogP contribution in [-0.2, 0) is 14.8 Å². The summed E-state index contributed by atoms with van der Waals surface area (Å²) in [5.41, 5.74) is 0. The molecule has 0 aromatic carbocycles. The Morgan fingerprint density at radius 1 is 1.14 bits per heavy atom. The largest absolute Gasteiger partial charge is 0.449 e. The highest BCUT2D eigenvalue weighted by molar-refractivity contribution is 7.89. The van der Waals surface area contributed by atoms with Crippen molar-refractivity contribution < 1.29 is 17.6 Å². The van der Waals surface area contributed by atoms with Gasteiger partial charge >= 0.3 is 0 Å². The Labute approximate surface area is 131 Å². The lowest BCUT2D eigenvalue weighted by Crippen LogP contribution is -2.52. The highest BCUT2D eigenvalue weighted by Crippen LogP contribution is 2.28. The molecule has 22 heavy (non-hydrogen) atoms. The summed E-state index contributed by atoms with van der Waals surface area (Å²) in [6, 6.07) is 2.52. The normalized spacial score (nSPS) is 23.9. The van der Waals surface area contributed by atoms with Crippen LogP contribution in [0.4, 0.5) is 0 Å². The number of sulfonamides is 1. The van der Waals surface area contributed by atoms with E-state index in [9.17, 15) is 13.2 Å². The second-order valence-corrected chi connectivity index (χ2v) is 7.85. The van der Waals surface area contributed by atoms with Crippen molar-refractivity contribution in [3.8, 4) is 0 Å². The molecule has 3 rings (SSSR count). The van der Waals surface area contributed by atoms with Crippen molar-refractivity contribution in [1.29, 1.82) is 0 Å². The zero-order valence-electron chi connectivity index (χ0n) is 12.8. The van der Waals surface area contributed by atoms with E-state index in [1.807, 2.05) is 0 Å². The van der Waals surface area contributed by atoms with Crippen molar-refractivity contribution in [2.24, 2.45) is 0 Å². The minimum Gasteiger partial charge on any atom is -0.449 e. The number of likely N-dealkylation sites (tertiary alicyclic amines) is 1. The molecule has 1 amide bonds. The molecular weight excluding hydrogens is 304 g/mol. The van der Waals surface area contributed by atoms with E-state index in [0.717, 1.165) is 38.8 Å². The van der Waals surface area contributed by atoms with Crippen LogP contribution in [-0.4, -0.2) is 49.2 Å². The molecule has 0 radical (unpaired) electrons. The molecule has 2 fully saturated rings. The monoisotopic (exact) mass is 326 g/mol. The number of piperidine rings is 1. The van der Waals surface area contributed by atoms with Gasteiger partial charge in [-0.2, -0.15) is 4.31 Å². The van der Waals surface area contributed by atoms with Gasteiger partial charge in [0.25, 0.3) is 10.0 Å². The summed E-state index contributed by atoms with van der Waals surface area (Å²) >= 11 is 0. The first-order chi connectivity index (χ1) is 10.5. The van der Waals surface area contributed by atoms with E-state index >= 15 is 0 Å². The van der Waals surface area contributed by atoms with Gasteiger partial charge in [0.2, 0.25) is 11.0 Å². The van der Waals surface area contributed by atoms with Crippen LogP contribution in [0, 0.1) is 6.92 Å². The minimum atomic E-state index is -3.75. The molecule has 1 atom stereocenters. The molecule has 6 nitrogen and oxygen atoms in total. The van der Waals surface area contributed by atoms with E-state index in [2.05, 4.69) is 0 Å². The Morgan fingerprint density at radius 3 is 2.45 bits per heavy atom. The SMILES string of the molecule is Cc1ccc(S(=O)(=O)N2CCCCC2C(=O)N2CCCC2)o1. The smallest absolute Gasteiger partial charge is 0.277 e. The number of aryl methyl sites for hydroxylation is 1. The molecule has 1 aromatic rings. The first-order valence-corrected chi connectivity index (χ1v) is 9.31. The molecule has 2 aliphatic rings. The van der Waals surface area contributed by atoms with Gasteiger partial charge in [0, 0.05) is 19.6 Å². The Hall–Kier alpha value is -1.34. The Bertz CT molecular complexity index is 646. The molecule has 0 spiro atoms. The number of furan rings is 1. The fourth-order valence-corrected chi connectivity index (χ4v) is 4.86. The van der Waals surface area contributed by atoms with Gasteiger partial charge in [-0.25, -0.2) is 8.42 Å². The molecule has 1 aromatic heterocycles. The lowest BCUT2D eigenvalue weighted by atomic mass is 10.0. The van der Waals surface area contributed by atoms with Crippen molar-refractivity contribution >= 4 is 15.9 Å². The summed E-state index contributed by atoms with van der Waals surface area (Å²) < 4.78 is 32.2. The van der Waals surface area contributed by atoms with Gasteiger partial charge in [-0.3, -0.25) is 4.79 Å². The first kappa shape index (κ1) is 15.6. The topological polar surface area (TPSA) is 70.8 Å². The third-order valence-electron chi connectivity index (χ3n) is 4.44. The Morgan fingerprint density at radius 2 is 1.82 bits per heavy atom. The number of hydrogen-bond acceptors (Lipinski definition) is 4. The van der Waals surface area contributed by atoms with Crippen molar-refractivity contribution in [3.63, 3.8) is 0 Å². The quantitative estimate of drug-likeness (QED) is 0.848. The molecule has 7 heteroatoms. The minimum absolute atomic E-state index is 0.0518. The van der Waals surface area contributed by atoms with E-state index in [1.165, 1.54) is 10.4 Å². The van der Waals surface area contributed by atoms with Gasteiger partial charge in [0.15, 0.2) is 0 Å². The van der Waals surface area contributed by atoms with E-state index in [-0.39, 0.29) is 11.0 Å². The fourth-order valence-electron chi connectivity index (χ4n) is 3.25. The molecule has 122 valence electrons. The van der Waals surface area contributed by atoms with Gasteiger partial charge in [0.1, 0.15) is 11.8 Å². The van der Waals surface area contributed by atoms with Crippen LogP contribution in [0.25, 0.3) is 0 Å². The van der Waals surface area contributed by atoms with Gasteiger partial charge in [0.05, 0.1) is 0 Å². The molecule has 0 aliphatic carbocycles. The lowest BCUT2D eigenvalue weighted by molar-refractivity contribution is -0.135. The second-order valence-electron chi connectivity index (χ2n) is 6.02. The molecule has 0 N–H and O–H groups in total. The predicted octanol–water partition coefficient (Wildman–Crippen LogP) is 1.75. The van der Waals surface area contributed by atoms with Crippen LogP contribution >= 0.6 is 0 Å². The molecular formula is C15H22N2O4S. The number of carbonyl (C=O) groups excluding carboxylic acids is 1. The Balaban J connectivity index is 1.87. The zero-order chi connectivity index (χ0) is 15.7. The van der Waals surface area contributed by atoms with Crippen LogP contribution in [0.1, 0.15) is 37.9 Å². The van der Waals surface area contributed by atoms with Crippen LogP contribution in [0.3, 0.4) is 0 Å². The summed E-state index contributed by atoms with van der Waals surface area (Å²) in [5.74, 6) is 0.502. The van der Waals surface area contributed by atoms with E-state index < -0.39 is 16.1 Å². The lowest BCUT2D eigenvalue weighted by Gasteiger charge is -2.35. The molecule has 3 heterocycles. The molecule has 0 saturated carbocycles. The number of rotatable bonds is 3. The highest BCUT2D eigenvalue weighted by Gasteiger charge is 2.41. The maximum absolute atomic E-state index is 12.8. The summed E-state index contributed by atoms with van der Waals surface area (Å²) in [6.07, 6.45) is 4.26. The molecule has 2 saturated heterocycles. The number of hydrogen-bond donors (Lipinski definition) is 0. The summed E-state index contributed by atoms with van der Waals surface area (Å²) in [4.78, 5) is 14.5. The zero-order valence-corrected chi connectivity index (χ0v) is 13.6. The summed E-state index contributed by atoms with van der Waals surface area (Å²) in [7, 11) is -3.75. The maximum Gasteiger partial charge on any atom is 0.277 e. The average Bonchev–Trinajstić information content (AvgIpc) is 3.18. The predicted molar refractivity (Wildman–Crippen MR) is 80.8 cm³/mol. The highest BCUT2D eigenvalue weighted by atomic mass is 32.2. The van der Waals surface area contributed by atoms with Crippen LogP contribution in [0.15, 0.2) is 21.6 Å². The Kier molecular flexibility index (Phi) is 4.27. The maximum atomic E-state index is 12.8. The van der Waals surface area contributed by atoms with Crippen LogP contribution in [0.2, 0.25) is 0 Å². The fraction of sp³-hybridized carbons (Fsp3) is 0.667. The van der Waals surface area contributed by atoms with Crippen molar-refractivity contribution in [2.75, 3.05) is 19.6 Å². The molecule has 0 bridgehead atoms. The number of carbonyl (C=O) groups is 1. The van der Waals surface area contributed by atoms with E-state index in [0.29, 0.717) is 18.7 Å².